The van der Waals surface area contributed by atoms with Crippen molar-refractivity contribution in [1.82, 2.24) is 5.32 Å². The molecule has 1 fully saturated rings. The summed E-state index contributed by atoms with van der Waals surface area (Å²) in [7, 11) is 0. The zero-order valence-electron chi connectivity index (χ0n) is 15.1. The largest absolute Gasteiger partial charge is 0.402 e. The van der Waals surface area contributed by atoms with E-state index < -0.39 is 0 Å². The standard InChI is InChI=1S/C22H27N3/c1-16-8-6-7-11-20(16)22(25-19-9-4-3-5-10-19)17(2)21(23)18-12-14-24-15-13-18/h3-11,18,24H,12-15,23H2,1-2H3/b21-17-,25-22?. The second-order valence-electron chi connectivity index (χ2n) is 6.72. The number of rotatable bonds is 4. The first-order valence-corrected chi connectivity index (χ1v) is 9.04. The van der Waals surface area contributed by atoms with Crippen molar-refractivity contribution in [2.24, 2.45) is 16.6 Å². The molecule has 0 aliphatic carbocycles. The second-order valence-corrected chi connectivity index (χ2v) is 6.72. The van der Waals surface area contributed by atoms with Crippen LogP contribution in [0.4, 0.5) is 5.69 Å². The Hall–Kier alpha value is -2.39. The van der Waals surface area contributed by atoms with Crippen molar-refractivity contribution < 1.29 is 0 Å². The van der Waals surface area contributed by atoms with Gasteiger partial charge >= 0.3 is 0 Å². The van der Waals surface area contributed by atoms with E-state index in [1.54, 1.807) is 0 Å². The SMILES string of the molecule is C/C(C(=Nc1ccccc1)c1ccccc1C)=C(/N)C1CCNCC1. The molecule has 0 unspecified atom stereocenters. The van der Waals surface area contributed by atoms with Crippen LogP contribution in [0, 0.1) is 12.8 Å². The molecule has 1 saturated heterocycles. The van der Waals surface area contributed by atoms with Crippen LogP contribution >= 0.6 is 0 Å². The van der Waals surface area contributed by atoms with Gasteiger partial charge < -0.3 is 11.1 Å². The van der Waals surface area contributed by atoms with Crippen LogP contribution in [0.2, 0.25) is 0 Å². The molecule has 3 rings (SSSR count). The Bertz CT molecular complexity index is 769. The molecule has 0 aromatic heterocycles. The first-order chi connectivity index (χ1) is 12.2. The molecule has 3 N–H and O–H groups in total. The lowest BCUT2D eigenvalue weighted by molar-refractivity contribution is 0.416. The Kier molecular flexibility index (Phi) is 5.67. The average Bonchev–Trinajstić information content (AvgIpc) is 2.67. The van der Waals surface area contributed by atoms with Crippen LogP contribution in [0.15, 0.2) is 70.9 Å². The second kappa shape index (κ2) is 8.13. The third-order valence-corrected chi connectivity index (χ3v) is 4.96. The molecule has 25 heavy (non-hydrogen) atoms. The van der Waals surface area contributed by atoms with Crippen LogP contribution in [0.25, 0.3) is 0 Å². The quantitative estimate of drug-likeness (QED) is 0.817. The van der Waals surface area contributed by atoms with Crippen LogP contribution in [0.5, 0.6) is 0 Å². The van der Waals surface area contributed by atoms with E-state index >= 15 is 0 Å². The first kappa shape index (κ1) is 17.4. The lowest BCUT2D eigenvalue weighted by Gasteiger charge is -2.25. The molecule has 0 atom stereocenters. The summed E-state index contributed by atoms with van der Waals surface area (Å²) in [5, 5.41) is 3.41. The number of nitrogens with one attached hydrogen (secondary N) is 1. The molecule has 2 aromatic rings. The minimum Gasteiger partial charge on any atom is -0.402 e. The van der Waals surface area contributed by atoms with Gasteiger partial charge in [0.2, 0.25) is 0 Å². The van der Waals surface area contributed by atoms with E-state index in [-0.39, 0.29) is 0 Å². The molecule has 130 valence electrons. The Labute approximate surface area is 150 Å². The van der Waals surface area contributed by atoms with Gasteiger partial charge in [-0.3, -0.25) is 0 Å². The molecule has 3 heteroatoms. The van der Waals surface area contributed by atoms with Crippen LogP contribution in [-0.4, -0.2) is 18.8 Å². The van der Waals surface area contributed by atoms with Crippen molar-refractivity contribution in [2.75, 3.05) is 13.1 Å². The van der Waals surface area contributed by atoms with Crippen LogP contribution < -0.4 is 11.1 Å². The van der Waals surface area contributed by atoms with Gasteiger partial charge in [-0.2, -0.15) is 0 Å². The van der Waals surface area contributed by atoms with Crippen LogP contribution in [0.3, 0.4) is 0 Å². The van der Waals surface area contributed by atoms with E-state index in [4.69, 9.17) is 10.7 Å². The Morgan fingerprint density at radius 1 is 1.00 bits per heavy atom. The van der Waals surface area contributed by atoms with Crippen molar-refractivity contribution >= 4 is 11.4 Å². The third kappa shape index (κ3) is 4.18. The topological polar surface area (TPSA) is 50.4 Å². The Morgan fingerprint density at radius 3 is 2.32 bits per heavy atom. The van der Waals surface area contributed by atoms with E-state index in [0.29, 0.717) is 5.92 Å². The summed E-state index contributed by atoms with van der Waals surface area (Å²) in [5.74, 6) is 0.436. The lowest BCUT2D eigenvalue weighted by Crippen LogP contribution is -2.31. The number of aliphatic imine (C=N–C) groups is 1. The molecule has 0 saturated carbocycles. The fourth-order valence-electron chi connectivity index (χ4n) is 3.39. The van der Waals surface area contributed by atoms with Gasteiger partial charge in [-0.25, -0.2) is 4.99 Å². The maximum Gasteiger partial charge on any atom is 0.0758 e. The maximum atomic E-state index is 6.60. The molecule has 0 amide bonds. The number of allylic oxidation sites excluding steroid dienone is 2. The fourth-order valence-corrected chi connectivity index (χ4v) is 3.39. The highest BCUT2D eigenvalue weighted by molar-refractivity contribution is 6.14. The van der Waals surface area contributed by atoms with Gasteiger partial charge in [0.1, 0.15) is 0 Å². The van der Waals surface area contributed by atoms with Crippen LogP contribution in [0.1, 0.15) is 30.9 Å². The number of benzene rings is 2. The van der Waals surface area contributed by atoms with Crippen molar-refractivity contribution in [1.29, 1.82) is 0 Å². The van der Waals surface area contributed by atoms with Crippen LogP contribution in [-0.2, 0) is 0 Å². The molecule has 0 spiro atoms. The van der Waals surface area contributed by atoms with Crippen molar-refractivity contribution in [3.8, 4) is 0 Å². The van der Waals surface area contributed by atoms with Gasteiger partial charge in [0.25, 0.3) is 0 Å². The summed E-state index contributed by atoms with van der Waals surface area (Å²) >= 11 is 0. The number of para-hydroxylation sites is 1. The highest BCUT2D eigenvalue weighted by Gasteiger charge is 2.20. The predicted octanol–water partition coefficient (Wildman–Crippen LogP) is 4.35. The average molecular weight is 333 g/mol. The molecule has 0 bridgehead atoms. The number of piperidine rings is 1. The Morgan fingerprint density at radius 2 is 1.64 bits per heavy atom. The zero-order chi connectivity index (χ0) is 17.6. The first-order valence-electron chi connectivity index (χ1n) is 9.04. The highest BCUT2D eigenvalue weighted by Crippen LogP contribution is 2.25. The fraction of sp³-hybridized carbons (Fsp3) is 0.318. The minimum absolute atomic E-state index is 0.436. The van der Waals surface area contributed by atoms with E-state index in [0.717, 1.165) is 54.2 Å². The predicted molar refractivity (Wildman–Crippen MR) is 106 cm³/mol. The summed E-state index contributed by atoms with van der Waals surface area (Å²) in [6, 6.07) is 18.5. The van der Waals surface area contributed by atoms with Gasteiger partial charge in [0.05, 0.1) is 11.4 Å². The molecule has 2 aromatic carbocycles. The van der Waals surface area contributed by atoms with E-state index in [1.807, 2.05) is 30.3 Å². The third-order valence-electron chi connectivity index (χ3n) is 4.96. The normalized spacial score (nSPS) is 17.3. The smallest absolute Gasteiger partial charge is 0.0758 e. The Balaban J connectivity index is 2.07. The molecule has 1 aliphatic rings. The van der Waals surface area contributed by atoms with Crippen molar-refractivity contribution in [3.05, 3.63) is 77.0 Å². The summed E-state index contributed by atoms with van der Waals surface area (Å²) in [6.45, 7) is 6.32. The molecule has 0 radical (unpaired) electrons. The lowest BCUT2D eigenvalue weighted by atomic mass is 9.89. The molecule has 1 heterocycles. The van der Waals surface area contributed by atoms with Gasteiger partial charge in [0.15, 0.2) is 0 Å². The van der Waals surface area contributed by atoms with Gasteiger partial charge in [-0.15, -0.1) is 0 Å². The summed E-state index contributed by atoms with van der Waals surface area (Å²) in [4.78, 5) is 4.97. The van der Waals surface area contributed by atoms with Crippen molar-refractivity contribution in [3.63, 3.8) is 0 Å². The molecule has 1 aliphatic heterocycles. The number of aryl methyl sites for hydroxylation is 1. The number of hydrogen-bond acceptors (Lipinski definition) is 3. The van der Waals surface area contributed by atoms with Gasteiger partial charge in [0, 0.05) is 17.2 Å². The number of nitrogens with two attached hydrogens (primary N) is 1. The number of hydrogen-bond donors (Lipinski definition) is 2. The van der Waals surface area contributed by atoms with E-state index in [1.165, 1.54) is 5.56 Å². The maximum absolute atomic E-state index is 6.60. The zero-order valence-corrected chi connectivity index (χ0v) is 15.1. The molecular formula is C22H27N3. The van der Waals surface area contributed by atoms with Gasteiger partial charge in [-0.05, 0) is 63.0 Å². The summed E-state index contributed by atoms with van der Waals surface area (Å²) < 4.78 is 0. The van der Waals surface area contributed by atoms with Gasteiger partial charge in [-0.1, -0.05) is 42.5 Å². The summed E-state index contributed by atoms with van der Waals surface area (Å²) in [6.07, 6.45) is 2.19. The monoisotopic (exact) mass is 333 g/mol. The summed E-state index contributed by atoms with van der Waals surface area (Å²) in [5.41, 5.74) is 13.0. The van der Waals surface area contributed by atoms with Crippen molar-refractivity contribution in [2.45, 2.75) is 26.7 Å². The highest BCUT2D eigenvalue weighted by atomic mass is 14.9. The minimum atomic E-state index is 0.436. The molecule has 3 nitrogen and oxygen atoms in total. The molecular weight excluding hydrogens is 306 g/mol. The number of nitrogens with zero attached hydrogens (tertiary/aromatic N) is 1. The van der Waals surface area contributed by atoms with E-state index in [9.17, 15) is 0 Å². The van der Waals surface area contributed by atoms with E-state index in [2.05, 4.69) is 43.4 Å².